The summed E-state index contributed by atoms with van der Waals surface area (Å²) in [5.74, 6) is 1.41. The Hall–Kier alpha value is -0.870. The Balaban J connectivity index is 1.79. The first kappa shape index (κ1) is 15.0. The van der Waals surface area contributed by atoms with Gasteiger partial charge in [-0.3, -0.25) is 10.1 Å². The molecule has 1 aromatic rings. The average molecular weight is 306 g/mol. The molecule has 2 fully saturated rings. The first-order valence-corrected chi connectivity index (χ1v) is 9.18. The molecule has 1 saturated heterocycles. The molecule has 3 rings (SSSR count). The Morgan fingerprint density at radius 1 is 1.43 bits per heavy atom. The van der Waals surface area contributed by atoms with Gasteiger partial charge in [-0.15, -0.1) is 11.3 Å². The van der Waals surface area contributed by atoms with E-state index in [-0.39, 0.29) is 12.2 Å². The van der Waals surface area contributed by atoms with Crippen molar-refractivity contribution in [1.29, 1.82) is 0 Å². The summed E-state index contributed by atoms with van der Waals surface area (Å²) in [4.78, 5) is 16.3. The van der Waals surface area contributed by atoms with Gasteiger partial charge in [0.15, 0.2) is 0 Å². The standard InChI is InChI=1S/C17H26N2OS/c1-3-12(2)15-17(20)19(11-13-7-4-5-8-13)16(18-15)14-9-6-10-21-14/h6,9-10,12-13,15-16,18H,3-5,7-8,11H2,1-2H3. The molecule has 4 heteroatoms. The normalized spacial score (nSPS) is 28.5. The second-order valence-corrected chi connectivity index (χ2v) is 7.57. The van der Waals surface area contributed by atoms with Crippen molar-refractivity contribution in [2.45, 2.75) is 58.2 Å². The Labute approximate surface area is 131 Å². The molecule has 1 aliphatic heterocycles. The van der Waals surface area contributed by atoms with Gasteiger partial charge in [0.2, 0.25) is 5.91 Å². The van der Waals surface area contributed by atoms with Crippen LogP contribution < -0.4 is 5.32 Å². The molecule has 0 aromatic carbocycles. The maximum absolute atomic E-state index is 12.9. The van der Waals surface area contributed by atoms with Gasteiger partial charge in [-0.25, -0.2) is 0 Å². The first-order valence-electron chi connectivity index (χ1n) is 8.30. The molecular formula is C17H26N2OS. The summed E-state index contributed by atoms with van der Waals surface area (Å²) in [7, 11) is 0. The minimum atomic E-state index is -0.0106. The molecule has 0 radical (unpaired) electrons. The van der Waals surface area contributed by atoms with Gasteiger partial charge < -0.3 is 4.90 Å². The van der Waals surface area contributed by atoms with Crippen LogP contribution in [0.25, 0.3) is 0 Å². The van der Waals surface area contributed by atoms with E-state index >= 15 is 0 Å². The van der Waals surface area contributed by atoms with Crippen molar-refractivity contribution in [2.24, 2.45) is 11.8 Å². The topological polar surface area (TPSA) is 32.3 Å². The molecule has 0 bridgehead atoms. The minimum absolute atomic E-state index is 0.0106. The summed E-state index contributed by atoms with van der Waals surface area (Å²) in [5.41, 5.74) is 0. The summed E-state index contributed by atoms with van der Waals surface area (Å²) in [6.45, 7) is 5.28. The SMILES string of the molecule is CCC(C)C1NC(c2cccs2)N(CC2CCCC2)C1=O. The predicted octanol–water partition coefficient (Wildman–Crippen LogP) is 3.78. The van der Waals surface area contributed by atoms with Gasteiger partial charge in [0.1, 0.15) is 6.17 Å². The van der Waals surface area contributed by atoms with Crippen LogP contribution in [-0.2, 0) is 4.79 Å². The van der Waals surface area contributed by atoms with Crippen molar-refractivity contribution in [3.63, 3.8) is 0 Å². The summed E-state index contributed by atoms with van der Waals surface area (Å²) < 4.78 is 0. The quantitative estimate of drug-likeness (QED) is 0.898. The van der Waals surface area contributed by atoms with Gasteiger partial charge in [0, 0.05) is 11.4 Å². The van der Waals surface area contributed by atoms with Crippen molar-refractivity contribution in [3.05, 3.63) is 22.4 Å². The monoisotopic (exact) mass is 306 g/mol. The summed E-state index contributed by atoms with van der Waals surface area (Å²) >= 11 is 1.75. The number of nitrogens with zero attached hydrogens (tertiary/aromatic N) is 1. The first-order chi connectivity index (χ1) is 10.2. The van der Waals surface area contributed by atoms with Crippen LogP contribution in [0.5, 0.6) is 0 Å². The van der Waals surface area contributed by atoms with Crippen LogP contribution in [-0.4, -0.2) is 23.4 Å². The van der Waals surface area contributed by atoms with E-state index in [1.165, 1.54) is 30.6 Å². The molecular weight excluding hydrogens is 280 g/mol. The van der Waals surface area contributed by atoms with Gasteiger partial charge in [-0.1, -0.05) is 39.2 Å². The number of thiophene rings is 1. The maximum atomic E-state index is 12.9. The molecule has 0 spiro atoms. The second kappa shape index (κ2) is 6.49. The molecule has 2 aliphatic rings. The highest BCUT2D eigenvalue weighted by molar-refractivity contribution is 7.10. The van der Waals surface area contributed by atoms with Crippen LogP contribution in [0.3, 0.4) is 0 Å². The van der Waals surface area contributed by atoms with E-state index in [1.54, 1.807) is 11.3 Å². The highest BCUT2D eigenvalue weighted by atomic mass is 32.1. The third kappa shape index (κ3) is 3.02. The van der Waals surface area contributed by atoms with Crippen molar-refractivity contribution in [1.82, 2.24) is 10.2 Å². The Morgan fingerprint density at radius 2 is 2.19 bits per heavy atom. The number of hydrogen-bond donors (Lipinski definition) is 1. The number of amides is 1. The highest BCUT2D eigenvalue weighted by Gasteiger charge is 2.42. The molecule has 2 heterocycles. The lowest BCUT2D eigenvalue weighted by Gasteiger charge is -2.26. The van der Waals surface area contributed by atoms with Gasteiger partial charge in [0.05, 0.1) is 6.04 Å². The van der Waals surface area contributed by atoms with E-state index in [9.17, 15) is 4.79 Å². The number of carbonyl (C=O) groups excluding carboxylic acids is 1. The fraction of sp³-hybridized carbons (Fsp3) is 0.706. The fourth-order valence-electron chi connectivity index (χ4n) is 3.63. The zero-order valence-electron chi connectivity index (χ0n) is 13.0. The molecule has 21 heavy (non-hydrogen) atoms. The summed E-state index contributed by atoms with van der Waals surface area (Å²) in [6, 6.07) is 4.22. The van der Waals surface area contributed by atoms with Crippen molar-refractivity contribution >= 4 is 17.2 Å². The summed E-state index contributed by atoms with van der Waals surface area (Å²) in [6.07, 6.45) is 6.37. The van der Waals surface area contributed by atoms with Gasteiger partial charge in [0.25, 0.3) is 0 Å². The summed E-state index contributed by atoms with van der Waals surface area (Å²) in [5, 5.41) is 5.71. The van der Waals surface area contributed by atoms with Crippen molar-refractivity contribution in [2.75, 3.05) is 6.54 Å². The highest BCUT2D eigenvalue weighted by Crippen LogP contribution is 2.34. The van der Waals surface area contributed by atoms with Gasteiger partial charge in [-0.2, -0.15) is 0 Å². The van der Waals surface area contributed by atoms with E-state index in [0.717, 1.165) is 13.0 Å². The van der Waals surface area contributed by atoms with Crippen LogP contribution in [0.15, 0.2) is 17.5 Å². The maximum Gasteiger partial charge on any atom is 0.241 e. The predicted molar refractivity (Wildman–Crippen MR) is 87.1 cm³/mol. The minimum Gasteiger partial charge on any atom is -0.320 e. The Bertz CT molecular complexity index is 467. The molecule has 116 valence electrons. The van der Waals surface area contributed by atoms with E-state index < -0.39 is 0 Å². The Morgan fingerprint density at radius 3 is 2.81 bits per heavy atom. The molecule has 1 N–H and O–H groups in total. The number of nitrogens with one attached hydrogen (secondary N) is 1. The lowest BCUT2D eigenvalue weighted by Crippen LogP contribution is -2.37. The van der Waals surface area contributed by atoms with Crippen LogP contribution in [0.1, 0.15) is 57.0 Å². The third-order valence-electron chi connectivity index (χ3n) is 5.15. The van der Waals surface area contributed by atoms with Gasteiger partial charge >= 0.3 is 0 Å². The van der Waals surface area contributed by atoms with Crippen molar-refractivity contribution in [3.8, 4) is 0 Å². The lowest BCUT2D eigenvalue weighted by atomic mass is 9.99. The number of carbonyl (C=O) groups is 1. The average Bonchev–Trinajstić information content (AvgIpc) is 3.21. The van der Waals surface area contributed by atoms with Crippen LogP contribution in [0.4, 0.5) is 0 Å². The lowest BCUT2D eigenvalue weighted by molar-refractivity contribution is -0.131. The van der Waals surface area contributed by atoms with E-state index in [1.807, 2.05) is 0 Å². The van der Waals surface area contributed by atoms with Crippen molar-refractivity contribution < 1.29 is 4.79 Å². The zero-order valence-corrected chi connectivity index (χ0v) is 13.9. The van der Waals surface area contributed by atoms with E-state index in [0.29, 0.717) is 17.7 Å². The van der Waals surface area contributed by atoms with E-state index in [2.05, 4.69) is 41.6 Å². The molecule has 1 saturated carbocycles. The molecule has 3 unspecified atom stereocenters. The molecule has 3 atom stereocenters. The molecule has 1 aliphatic carbocycles. The molecule has 3 nitrogen and oxygen atoms in total. The van der Waals surface area contributed by atoms with E-state index in [4.69, 9.17) is 0 Å². The fourth-order valence-corrected chi connectivity index (χ4v) is 4.43. The number of hydrogen-bond acceptors (Lipinski definition) is 3. The largest absolute Gasteiger partial charge is 0.320 e. The second-order valence-electron chi connectivity index (χ2n) is 6.59. The van der Waals surface area contributed by atoms with Crippen LogP contribution >= 0.6 is 11.3 Å². The van der Waals surface area contributed by atoms with Crippen LogP contribution in [0, 0.1) is 11.8 Å². The number of rotatable bonds is 5. The molecule has 1 amide bonds. The zero-order chi connectivity index (χ0) is 14.8. The van der Waals surface area contributed by atoms with Gasteiger partial charge in [-0.05, 0) is 36.1 Å². The van der Waals surface area contributed by atoms with Crippen LogP contribution in [0.2, 0.25) is 0 Å². The smallest absolute Gasteiger partial charge is 0.241 e. The molecule has 1 aromatic heterocycles. The third-order valence-corrected chi connectivity index (χ3v) is 6.08. The Kier molecular flexibility index (Phi) is 4.65.